The first-order valence-corrected chi connectivity index (χ1v) is 9.85. The predicted molar refractivity (Wildman–Crippen MR) is 99.2 cm³/mol. The van der Waals surface area contributed by atoms with E-state index in [4.69, 9.17) is 0 Å². The zero-order valence-electron chi connectivity index (χ0n) is 12.7. The molecule has 3 rings (SSSR count). The standard InChI is InChI=1S/C19H14NO2PS/c20-14-17(19(21)18-12-7-13-24-18)23(22,15-8-3-1-4-9-15)16-10-5-2-6-11-16/h1-13,21H/b19-17-. The maximum absolute atomic E-state index is 14.0. The minimum Gasteiger partial charge on any atom is -0.505 e. The predicted octanol–water partition coefficient (Wildman–Crippen LogP) is 4.51. The number of aliphatic hydroxyl groups is 1. The smallest absolute Gasteiger partial charge is 0.184 e. The summed E-state index contributed by atoms with van der Waals surface area (Å²) in [6, 6.07) is 23.2. The van der Waals surface area contributed by atoms with E-state index in [0.29, 0.717) is 15.5 Å². The normalized spacial score (nSPS) is 12.3. The molecule has 0 aliphatic rings. The minimum atomic E-state index is -3.46. The molecule has 1 heterocycles. The lowest BCUT2D eigenvalue weighted by atomic mass is 10.3. The molecule has 0 spiro atoms. The third kappa shape index (κ3) is 2.80. The van der Waals surface area contributed by atoms with Gasteiger partial charge in [-0.2, -0.15) is 5.26 Å². The third-order valence-electron chi connectivity index (χ3n) is 3.64. The Morgan fingerprint density at radius 1 is 0.917 bits per heavy atom. The van der Waals surface area contributed by atoms with Gasteiger partial charge in [0.1, 0.15) is 11.4 Å². The highest BCUT2D eigenvalue weighted by Gasteiger charge is 2.35. The molecular weight excluding hydrogens is 337 g/mol. The summed E-state index contributed by atoms with van der Waals surface area (Å²) >= 11 is 1.30. The monoisotopic (exact) mass is 351 g/mol. The van der Waals surface area contributed by atoms with Crippen LogP contribution in [0, 0.1) is 11.3 Å². The lowest BCUT2D eigenvalue weighted by Gasteiger charge is -2.19. The summed E-state index contributed by atoms with van der Waals surface area (Å²) in [6.45, 7) is 0. The van der Waals surface area contributed by atoms with Crippen molar-refractivity contribution < 1.29 is 9.67 Å². The number of thiophene rings is 1. The molecule has 2 aromatic carbocycles. The van der Waals surface area contributed by atoms with Gasteiger partial charge in [0.15, 0.2) is 12.9 Å². The van der Waals surface area contributed by atoms with Gasteiger partial charge in [0.25, 0.3) is 0 Å². The van der Waals surface area contributed by atoms with E-state index < -0.39 is 7.14 Å². The highest BCUT2D eigenvalue weighted by atomic mass is 32.1. The van der Waals surface area contributed by atoms with E-state index in [1.165, 1.54) is 11.3 Å². The summed E-state index contributed by atoms with van der Waals surface area (Å²) in [4.78, 5) is 0.527. The number of nitriles is 1. The van der Waals surface area contributed by atoms with Crippen molar-refractivity contribution in [2.24, 2.45) is 0 Å². The molecular formula is C19H14NO2PS. The van der Waals surface area contributed by atoms with Crippen LogP contribution >= 0.6 is 18.5 Å². The molecule has 5 heteroatoms. The van der Waals surface area contributed by atoms with Crippen molar-refractivity contribution in [2.75, 3.05) is 0 Å². The molecule has 0 bridgehead atoms. The van der Waals surface area contributed by atoms with Gasteiger partial charge in [0, 0.05) is 10.6 Å². The van der Waals surface area contributed by atoms with Crippen molar-refractivity contribution in [1.82, 2.24) is 0 Å². The van der Waals surface area contributed by atoms with Crippen LogP contribution in [0.4, 0.5) is 0 Å². The van der Waals surface area contributed by atoms with E-state index >= 15 is 0 Å². The van der Waals surface area contributed by atoms with Crippen LogP contribution in [-0.2, 0) is 4.57 Å². The Balaban J connectivity index is 2.33. The molecule has 3 nitrogen and oxygen atoms in total. The van der Waals surface area contributed by atoms with Gasteiger partial charge in [0.2, 0.25) is 0 Å². The van der Waals surface area contributed by atoms with Crippen molar-refractivity contribution in [3.8, 4) is 6.07 Å². The molecule has 0 unspecified atom stereocenters. The van der Waals surface area contributed by atoms with Gasteiger partial charge in [-0.3, -0.25) is 0 Å². The molecule has 0 radical (unpaired) electrons. The number of rotatable bonds is 4. The van der Waals surface area contributed by atoms with Crippen molar-refractivity contribution in [3.05, 3.63) is 88.4 Å². The molecule has 0 saturated heterocycles. The fourth-order valence-electron chi connectivity index (χ4n) is 2.49. The van der Waals surface area contributed by atoms with Crippen molar-refractivity contribution in [2.45, 2.75) is 0 Å². The quantitative estimate of drug-likeness (QED) is 0.427. The molecule has 1 aromatic heterocycles. The largest absolute Gasteiger partial charge is 0.505 e. The highest BCUT2D eigenvalue weighted by Crippen LogP contribution is 2.53. The number of aliphatic hydroxyl groups excluding tert-OH is 1. The summed E-state index contributed by atoms with van der Waals surface area (Å²) in [5, 5.41) is 23.1. The number of nitrogens with zero attached hydrogens (tertiary/aromatic N) is 1. The van der Waals surface area contributed by atoms with Crippen molar-refractivity contribution >= 4 is 34.8 Å². The Bertz CT molecular complexity index is 899. The van der Waals surface area contributed by atoms with Gasteiger partial charge >= 0.3 is 0 Å². The lowest BCUT2D eigenvalue weighted by Crippen LogP contribution is -2.17. The van der Waals surface area contributed by atoms with Gasteiger partial charge in [0.05, 0.1) is 4.88 Å². The Morgan fingerprint density at radius 2 is 1.46 bits per heavy atom. The summed E-state index contributed by atoms with van der Waals surface area (Å²) in [5.74, 6) is -0.219. The second-order valence-electron chi connectivity index (χ2n) is 5.07. The van der Waals surface area contributed by atoms with E-state index in [0.717, 1.165) is 0 Å². The molecule has 0 fully saturated rings. The summed E-state index contributed by atoms with van der Waals surface area (Å²) in [6.07, 6.45) is 0. The molecule has 3 aromatic rings. The fraction of sp³-hybridized carbons (Fsp3) is 0. The van der Waals surface area contributed by atoms with E-state index in [1.807, 2.05) is 18.2 Å². The van der Waals surface area contributed by atoms with Gasteiger partial charge < -0.3 is 9.67 Å². The van der Waals surface area contributed by atoms with E-state index in [9.17, 15) is 14.9 Å². The SMILES string of the molecule is N#C/C(=C(/O)c1cccs1)P(=O)(c1ccccc1)c1ccccc1. The molecule has 0 amide bonds. The van der Waals surface area contributed by atoms with Crippen LogP contribution in [0.25, 0.3) is 5.76 Å². The van der Waals surface area contributed by atoms with Crippen LogP contribution in [0.2, 0.25) is 0 Å². The molecule has 0 atom stereocenters. The van der Waals surface area contributed by atoms with Crippen LogP contribution in [0.5, 0.6) is 0 Å². The van der Waals surface area contributed by atoms with Crippen LogP contribution in [0.15, 0.2) is 83.5 Å². The first-order chi connectivity index (χ1) is 11.7. The number of hydrogen-bond acceptors (Lipinski definition) is 4. The Labute approximate surface area is 144 Å². The zero-order valence-corrected chi connectivity index (χ0v) is 14.4. The molecule has 118 valence electrons. The van der Waals surface area contributed by atoms with Gasteiger partial charge in [-0.1, -0.05) is 66.7 Å². The van der Waals surface area contributed by atoms with E-state index in [1.54, 1.807) is 66.0 Å². The van der Waals surface area contributed by atoms with Crippen LogP contribution in [-0.4, -0.2) is 5.11 Å². The lowest BCUT2D eigenvalue weighted by molar-refractivity contribution is 0.512. The second-order valence-corrected chi connectivity index (χ2v) is 8.71. The van der Waals surface area contributed by atoms with Crippen molar-refractivity contribution in [3.63, 3.8) is 0 Å². The third-order valence-corrected chi connectivity index (χ3v) is 7.51. The van der Waals surface area contributed by atoms with Gasteiger partial charge in [-0.05, 0) is 11.4 Å². The highest BCUT2D eigenvalue weighted by molar-refractivity contribution is 7.82. The maximum atomic E-state index is 14.0. The summed E-state index contributed by atoms with van der Waals surface area (Å²) < 4.78 is 14.0. The van der Waals surface area contributed by atoms with E-state index in [2.05, 4.69) is 0 Å². The Kier molecular flexibility index (Phi) is 4.66. The average molecular weight is 351 g/mol. The van der Waals surface area contributed by atoms with Crippen LogP contribution < -0.4 is 10.6 Å². The fourth-order valence-corrected chi connectivity index (χ4v) is 5.79. The van der Waals surface area contributed by atoms with Crippen LogP contribution in [0.1, 0.15) is 4.88 Å². The number of benzene rings is 2. The van der Waals surface area contributed by atoms with Crippen molar-refractivity contribution in [1.29, 1.82) is 5.26 Å². The summed E-state index contributed by atoms with van der Waals surface area (Å²) in [5.41, 5.74) is 0. The molecule has 0 aliphatic carbocycles. The maximum Gasteiger partial charge on any atom is 0.184 e. The topological polar surface area (TPSA) is 61.1 Å². The molecule has 0 aliphatic heterocycles. The second kappa shape index (κ2) is 6.88. The molecule has 0 saturated carbocycles. The minimum absolute atomic E-state index is 0.0950. The van der Waals surface area contributed by atoms with Gasteiger partial charge in [-0.15, -0.1) is 11.3 Å². The first kappa shape index (κ1) is 16.3. The molecule has 1 N–H and O–H groups in total. The van der Waals surface area contributed by atoms with Crippen LogP contribution in [0.3, 0.4) is 0 Å². The Morgan fingerprint density at radius 3 is 1.88 bits per heavy atom. The van der Waals surface area contributed by atoms with E-state index in [-0.39, 0.29) is 11.1 Å². The molecule has 24 heavy (non-hydrogen) atoms. The average Bonchev–Trinajstić information content (AvgIpc) is 3.18. The first-order valence-electron chi connectivity index (χ1n) is 7.27. The number of hydrogen-bond donors (Lipinski definition) is 1. The zero-order chi connectivity index (χ0) is 17.0. The number of allylic oxidation sites excluding steroid dienone is 1. The van der Waals surface area contributed by atoms with Gasteiger partial charge in [-0.25, -0.2) is 0 Å². The Hall–Kier alpha value is -2.60. The summed E-state index contributed by atoms with van der Waals surface area (Å²) in [7, 11) is -3.46.